The number of hydrogen-bond donors (Lipinski definition) is 5. The summed E-state index contributed by atoms with van der Waals surface area (Å²) >= 11 is 0. The molecule has 0 aliphatic rings. The molecule has 0 aromatic rings. The molecule has 6 nitrogen and oxygen atoms in total. The van der Waals surface area contributed by atoms with Crippen LogP contribution in [0.15, 0.2) is 0 Å². The van der Waals surface area contributed by atoms with Crippen molar-refractivity contribution in [3.63, 3.8) is 0 Å². The van der Waals surface area contributed by atoms with Crippen LogP contribution in [0.5, 0.6) is 0 Å². The highest BCUT2D eigenvalue weighted by Gasteiger charge is 2.29. The standard InChI is InChI=1S/C6H12O6/c7-1-3(9)5(11)6(12)4(10)2-8/h1,3-6,8-12H,2H2/t3-,4+,5-,6-/m0/s1/i5+1,6+1. The molecule has 0 aromatic carbocycles. The Balaban J connectivity index is 4.07. The van der Waals surface area contributed by atoms with Gasteiger partial charge in [0.2, 0.25) is 0 Å². The highest BCUT2D eigenvalue weighted by molar-refractivity contribution is 5.56. The van der Waals surface area contributed by atoms with Crippen LogP contribution < -0.4 is 0 Å². The van der Waals surface area contributed by atoms with Crippen molar-refractivity contribution >= 4 is 6.29 Å². The summed E-state index contributed by atoms with van der Waals surface area (Å²) in [6, 6.07) is 0. The van der Waals surface area contributed by atoms with Crippen LogP contribution in [0.1, 0.15) is 0 Å². The third-order valence-corrected chi connectivity index (χ3v) is 1.42. The van der Waals surface area contributed by atoms with E-state index >= 15 is 0 Å². The van der Waals surface area contributed by atoms with E-state index in [9.17, 15) is 4.79 Å². The molecule has 0 unspecified atom stereocenters. The molecular formula is C6H12O6. The maximum absolute atomic E-state index is 9.90. The number of rotatable bonds is 5. The van der Waals surface area contributed by atoms with Gasteiger partial charge in [0, 0.05) is 0 Å². The molecule has 0 bridgehead atoms. The summed E-state index contributed by atoms with van der Waals surface area (Å²) in [5.74, 6) is 0. The van der Waals surface area contributed by atoms with E-state index in [0.29, 0.717) is 0 Å². The molecule has 0 heterocycles. The number of carbonyl (C=O) groups excluding carboxylic acids is 1. The quantitative estimate of drug-likeness (QED) is 0.223. The minimum atomic E-state index is -1.79. The van der Waals surface area contributed by atoms with Crippen molar-refractivity contribution in [2.45, 2.75) is 24.4 Å². The van der Waals surface area contributed by atoms with Crippen molar-refractivity contribution in [1.29, 1.82) is 0 Å². The Labute approximate surface area is 68.7 Å². The van der Waals surface area contributed by atoms with Crippen LogP contribution >= 0.6 is 0 Å². The molecule has 0 fully saturated rings. The molecule has 6 heteroatoms. The van der Waals surface area contributed by atoms with Crippen LogP contribution in [0.25, 0.3) is 0 Å². The summed E-state index contributed by atoms with van der Waals surface area (Å²) in [6.45, 7) is -0.760. The van der Waals surface area contributed by atoms with Gasteiger partial charge in [-0.1, -0.05) is 0 Å². The Morgan fingerprint density at radius 3 is 1.92 bits per heavy atom. The van der Waals surface area contributed by atoms with Crippen molar-refractivity contribution in [1.82, 2.24) is 0 Å². The molecule has 0 radical (unpaired) electrons. The fourth-order valence-corrected chi connectivity index (χ4v) is 0.618. The molecular weight excluding hydrogens is 170 g/mol. The third-order valence-electron chi connectivity index (χ3n) is 1.42. The summed E-state index contributed by atoms with van der Waals surface area (Å²) < 4.78 is 0. The molecule has 4 atom stereocenters. The highest BCUT2D eigenvalue weighted by atomic mass is 16.5. The lowest BCUT2D eigenvalue weighted by molar-refractivity contribution is -0.136. The van der Waals surface area contributed by atoms with Gasteiger partial charge in [-0.05, 0) is 0 Å². The van der Waals surface area contributed by atoms with Gasteiger partial charge >= 0.3 is 0 Å². The maximum atomic E-state index is 9.90. The predicted octanol–water partition coefficient (Wildman–Crippen LogP) is -3.38. The zero-order valence-corrected chi connectivity index (χ0v) is 6.24. The highest BCUT2D eigenvalue weighted by Crippen LogP contribution is 2.02. The number of hydrogen-bond acceptors (Lipinski definition) is 6. The van der Waals surface area contributed by atoms with Gasteiger partial charge in [0.05, 0.1) is 6.61 Å². The van der Waals surface area contributed by atoms with E-state index in [-0.39, 0.29) is 6.29 Å². The van der Waals surface area contributed by atoms with E-state index in [0.717, 1.165) is 0 Å². The largest absolute Gasteiger partial charge is 0.394 e. The summed E-state index contributed by atoms with van der Waals surface area (Å²) in [5.41, 5.74) is 0. The maximum Gasteiger partial charge on any atom is 0.151 e. The molecule has 0 amide bonds. The van der Waals surface area contributed by atoms with Crippen molar-refractivity contribution in [2.75, 3.05) is 6.61 Å². The van der Waals surface area contributed by atoms with Crippen molar-refractivity contribution in [3.8, 4) is 0 Å². The zero-order chi connectivity index (χ0) is 9.72. The lowest BCUT2D eigenvalue weighted by Crippen LogP contribution is -2.46. The van der Waals surface area contributed by atoms with Crippen molar-refractivity contribution in [3.05, 3.63) is 0 Å². The molecule has 0 aromatic heterocycles. The zero-order valence-electron chi connectivity index (χ0n) is 6.24. The SMILES string of the molecule is O=C[C@H](O)[13C@H](O)[13C@@H](O)[C@H](O)CO. The van der Waals surface area contributed by atoms with Crippen LogP contribution in [-0.2, 0) is 4.79 Å². The van der Waals surface area contributed by atoms with Crippen LogP contribution in [0.4, 0.5) is 0 Å². The van der Waals surface area contributed by atoms with E-state index in [1.54, 1.807) is 0 Å². The second kappa shape index (κ2) is 5.18. The van der Waals surface area contributed by atoms with E-state index in [1.807, 2.05) is 0 Å². The minimum absolute atomic E-state index is 0.0258. The number of carbonyl (C=O) groups is 1. The Kier molecular flexibility index (Phi) is 4.95. The average molecular weight is 182 g/mol. The normalized spacial score (nSPS) is 21.1. The van der Waals surface area contributed by atoms with E-state index < -0.39 is 31.0 Å². The first-order chi connectivity index (χ1) is 5.54. The molecule has 0 spiro atoms. The van der Waals surface area contributed by atoms with Gasteiger partial charge in [-0.3, -0.25) is 0 Å². The van der Waals surface area contributed by atoms with Crippen molar-refractivity contribution in [2.24, 2.45) is 0 Å². The summed E-state index contributed by atoms with van der Waals surface area (Å²) in [4.78, 5) is 9.90. The molecule has 0 saturated carbocycles. The fourth-order valence-electron chi connectivity index (χ4n) is 0.618. The van der Waals surface area contributed by atoms with Crippen LogP contribution in [0.3, 0.4) is 0 Å². The molecule has 0 aliphatic heterocycles. The average Bonchev–Trinajstić information content (AvgIpc) is 2.12. The minimum Gasteiger partial charge on any atom is -0.394 e. The van der Waals surface area contributed by atoms with Gasteiger partial charge in [-0.15, -0.1) is 0 Å². The van der Waals surface area contributed by atoms with Gasteiger partial charge in [-0.25, -0.2) is 0 Å². The van der Waals surface area contributed by atoms with E-state index in [4.69, 9.17) is 25.5 Å². The second-order valence-electron chi connectivity index (χ2n) is 2.36. The number of aliphatic hydroxyl groups is 5. The lowest BCUT2D eigenvalue weighted by atomic mass is 10.4. The summed E-state index contributed by atoms with van der Waals surface area (Å²) in [6.07, 6.45) is -6.84. The molecule has 5 N–H and O–H groups in total. The van der Waals surface area contributed by atoms with Crippen LogP contribution in [0, 0.1) is 0 Å². The molecule has 12 heavy (non-hydrogen) atoms. The Bertz CT molecular complexity index is 138. The van der Waals surface area contributed by atoms with E-state index in [1.165, 1.54) is 0 Å². The lowest BCUT2D eigenvalue weighted by Gasteiger charge is -2.22. The molecule has 0 saturated heterocycles. The van der Waals surface area contributed by atoms with Gasteiger partial charge in [0.15, 0.2) is 6.29 Å². The number of aliphatic hydroxyl groups excluding tert-OH is 5. The molecule has 0 rings (SSSR count). The first-order valence-electron chi connectivity index (χ1n) is 3.33. The summed E-state index contributed by atoms with van der Waals surface area (Å²) in [5, 5.41) is 43.5. The Morgan fingerprint density at radius 2 is 1.58 bits per heavy atom. The Hall–Kier alpha value is -0.530. The first kappa shape index (κ1) is 11.5. The van der Waals surface area contributed by atoms with Gasteiger partial charge in [-0.2, -0.15) is 0 Å². The predicted molar refractivity (Wildman–Crippen MR) is 37.2 cm³/mol. The van der Waals surface area contributed by atoms with Crippen LogP contribution in [0.2, 0.25) is 0 Å². The van der Waals surface area contributed by atoms with E-state index in [2.05, 4.69) is 0 Å². The Morgan fingerprint density at radius 1 is 1.08 bits per heavy atom. The first-order valence-corrected chi connectivity index (χ1v) is 3.33. The second-order valence-corrected chi connectivity index (χ2v) is 2.36. The fraction of sp³-hybridized carbons (Fsp3) is 0.833. The van der Waals surface area contributed by atoms with Gasteiger partial charge in [0.1, 0.15) is 24.4 Å². The van der Waals surface area contributed by atoms with Gasteiger partial charge < -0.3 is 30.3 Å². The molecule has 72 valence electrons. The van der Waals surface area contributed by atoms with Crippen molar-refractivity contribution < 1.29 is 30.3 Å². The molecule has 0 aliphatic carbocycles. The van der Waals surface area contributed by atoms with Crippen LogP contribution in [-0.4, -0.2) is 62.8 Å². The third kappa shape index (κ3) is 2.84. The number of aldehydes is 1. The topological polar surface area (TPSA) is 118 Å². The van der Waals surface area contributed by atoms with Gasteiger partial charge in [0.25, 0.3) is 0 Å². The monoisotopic (exact) mass is 182 g/mol. The smallest absolute Gasteiger partial charge is 0.151 e. The summed E-state index contributed by atoms with van der Waals surface area (Å²) in [7, 11) is 0.